The quantitative estimate of drug-likeness (QED) is 0.589. The van der Waals surface area contributed by atoms with Crippen molar-refractivity contribution in [3.63, 3.8) is 0 Å². The fourth-order valence-electron chi connectivity index (χ4n) is 1.40. The van der Waals surface area contributed by atoms with E-state index in [9.17, 15) is 4.79 Å². The minimum Gasteiger partial charge on any atom is -0.397 e. The zero-order valence-corrected chi connectivity index (χ0v) is 11.1. The second-order valence-electron chi connectivity index (χ2n) is 5.06. The van der Waals surface area contributed by atoms with Gasteiger partial charge in [-0.25, -0.2) is 0 Å². The molecule has 1 aromatic rings. The van der Waals surface area contributed by atoms with Crippen LogP contribution >= 0.6 is 0 Å². The molecule has 0 aliphatic carbocycles. The van der Waals surface area contributed by atoms with E-state index in [2.05, 4.69) is 10.6 Å². The molecule has 18 heavy (non-hydrogen) atoms. The van der Waals surface area contributed by atoms with Crippen molar-refractivity contribution in [1.29, 1.82) is 0 Å². The lowest BCUT2D eigenvalue weighted by atomic mass is 9.95. The molecule has 100 valence electrons. The number of amides is 1. The van der Waals surface area contributed by atoms with E-state index in [1.165, 1.54) is 0 Å². The van der Waals surface area contributed by atoms with E-state index in [0.29, 0.717) is 17.8 Å². The molecule has 1 rings (SSSR count). The SMILES string of the molecule is CNC(=O)c1ccc(NCC(C)(C)CO)c(N)c1. The van der Waals surface area contributed by atoms with E-state index in [0.717, 1.165) is 5.69 Å². The predicted molar refractivity (Wildman–Crippen MR) is 73.6 cm³/mol. The Hall–Kier alpha value is -1.75. The van der Waals surface area contributed by atoms with Gasteiger partial charge in [-0.2, -0.15) is 0 Å². The van der Waals surface area contributed by atoms with Gasteiger partial charge >= 0.3 is 0 Å². The van der Waals surface area contributed by atoms with Crippen LogP contribution in [0.2, 0.25) is 0 Å². The third-order valence-corrected chi connectivity index (χ3v) is 2.73. The van der Waals surface area contributed by atoms with E-state index in [4.69, 9.17) is 10.8 Å². The number of aliphatic hydroxyl groups is 1. The third-order valence-electron chi connectivity index (χ3n) is 2.73. The van der Waals surface area contributed by atoms with E-state index in [1.807, 2.05) is 13.8 Å². The highest BCUT2D eigenvalue weighted by atomic mass is 16.3. The summed E-state index contributed by atoms with van der Waals surface area (Å²) < 4.78 is 0. The second kappa shape index (κ2) is 5.73. The van der Waals surface area contributed by atoms with Crippen LogP contribution < -0.4 is 16.4 Å². The molecule has 0 unspecified atom stereocenters. The molecular formula is C13H21N3O2. The highest BCUT2D eigenvalue weighted by Gasteiger charge is 2.16. The van der Waals surface area contributed by atoms with Crippen LogP contribution in [0.25, 0.3) is 0 Å². The van der Waals surface area contributed by atoms with Gasteiger partial charge in [-0.05, 0) is 18.2 Å². The number of carbonyl (C=O) groups is 1. The first-order valence-electron chi connectivity index (χ1n) is 5.86. The van der Waals surface area contributed by atoms with Gasteiger partial charge in [-0.15, -0.1) is 0 Å². The van der Waals surface area contributed by atoms with E-state index < -0.39 is 0 Å². The Labute approximate surface area is 107 Å². The fraction of sp³-hybridized carbons (Fsp3) is 0.462. The number of nitrogens with two attached hydrogens (primary N) is 1. The van der Waals surface area contributed by atoms with Crippen LogP contribution in [0, 0.1) is 5.41 Å². The summed E-state index contributed by atoms with van der Waals surface area (Å²) in [5, 5.41) is 14.9. The van der Waals surface area contributed by atoms with Gasteiger partial charge < -0.3 is 21.5 Å². The lowest BCUT2D eigenvalue weighted by Gasteiger charge is -2.23. The summed E-state index contributed by atoms with van der Waals surface area (Å²) in [7, 11) is 1.58. The van der Waals surface area contributed by atoms with E-state index >= 15 is 0 Å². The maximum Gasteiger partial charge on any atom is 0.251 e. The Bertz CT molecular complexity index is 430. The summed E-state index contributed by atoms with van der Waals surface area (Å²) in [4.78, 5) is 11.4. The van der Waals surface area contributed by atoms with Gasteiger partial charge in [0.1, 0.15) is 0 Å². The number of hydrogen-bond acceptors (Lipinski definition) is 4. The molecule has 5 nitrogen and oxygen atoms in total. The Morgan fingerprint density at radius 2 is 2.11 bits per heavy atom. The molecule has 0 saturated heterocycles. The average molecular weight is 251 g/mol. The predicted octanol–water partition coefficient (Wildman–Crippen LogP) is 1.06. The minimum absolute atomic E-state index is 0.0935. The summed E-state index contributed by atoms with van der Waals surface area (Å²) in [6.45, 7) is 4.60. The fourth-order valence-corrected chi connectivity index (χ4v) is 1.40. The average Bonchev–Trinajstić information content (AvgIpc) is 2.36. The van der Waals surface area contributed by atoms with Gasteiger partial charge in [0.2, 0.25) is 0 Å². The van der Waals surface area contributed by atoms with Crippen molar-refractivity contribution < 1.29 is 9.90 Å². The lowest BCUT2D eigenvalue weighted by molar-refractivity contribution is 0.0963. The first kappa shape index (κ1) is 14.3. The molecule has 1 aromatic carbocycles. The van der Waals surface area contributed by atoms with Crippen LogP contribution in [0.15, 0.2) is 18.2 Å². The van der Waals surface area contributed by atoms with E-state index in [-0.39, 0.29) is 17.9 Å². The van der Waals surface area contributed by atoms with Gasteiger partial charge in [-0.1, -0.05) is 13.8 Å². The Morgan fingerprint density at radius 1 is 1.44 bits per heavy atom. The first-order valence-corrected chi connectivity index (χ1v) is 5.86. The second-order valence-corrected chi connectivity index (χ2v) is 5.06. The van der Waals surface area contributed by atoms with Gasteiger partial charge in [0.15, 0.2) is 0 Å². The van der Waals surface area contributed by atoms with Crippen LogP contribution in [-0.4, -0.2) is 31.2 Å². The van der Waals surface area contributed by atoms with Gasteiger partial charge in [0.25, 0.3) is 5.91 Å². The van der Waals surface area contributed by atoms with Gasteiger partial charge in [0.05, 0.1) is 11.4 Å². The van der Waals surface area contributed by atoms with Crippen LogP contribution in [0.4, 0.5) is 11.4 Å². The Kier molecular flexibility index (Phi) is 4.55. The van der Waals surface area contributed by atoms with Crippen molar-refractivity contribution in [2.75, 3.05) is 31.2 Å². The molecule has 0 spiro atoms. The first-order chi connectivity index (χ1) is 8.39. The number of aliphatic hydroxyl groups excluding tert-OH is 1. The molecule has 0 aliphatic heterocycles. The molecule has 0 fully saturated rings. The van der Waals surface area contributed by atoms with Crippen LogP contribution in [0.3, 0.4) is 0 Å². The summed E-state index contributed by atoms with van der Waals surface area (Å²) in [5.74, 6) is -0.163. The molecule has 5 heteroatoms. The van der Waals surface area contributed by atoms with Crippen LogP contribution in [0.1, 0.15) is 24.2 Å². The monoisotopic (exact) mass is 251 g/mol. The highest BCUT2D eigenvalue weighted by molar-refractivity contribution is 5.95. The Balaban J connectivity index is 2.77. The smallest absolute Gasteiger partial charge is 0.251 e. The van der Waals surface area contributed by atoms with Crippen molar-refractivity contribution in [3.05, 3.63) is 23.8 Å². The molecule has 0 saturated carbocycles. The Morgan fingerprint density at radius 3 is 2.61 bits per heavy atom. The molecule has 0 aliphatic rings. The van der Waals surface area contributed by atoms with Crippen molar-refractivity contribution >= 4 is 17.3 Å². The van der Waals surface area contributed by atoms with Crippen molar-refractivity contribution in [3.8, 4) is 0 Å². The molecule has 5 N–H and O–H groups in total. The normalized spacial score (nSPS) is 11.1. The minimum atomic E-state index is -0.216. The number of rotatable bonds is 5. The third kappa shape index (κ3) is 3.63. The number of nitrogen functional groups attached to an aromatic ring is 1. The van der Waals surface area contributed by atoms with Crippen molar-refractivity contribution in [2.45, 2.75) is 13.8 Å². The topological polar surface area (TPSA) is 87.4 Å². The molecule has 0 atom stereocenters. The molecule has 0 heterocycles. The molecule has 1 amide bonds. The van der Waals surface area contributed by atoms with Crippen molar-refractivity contribution in [2.24, 2.45) is 5.41 Å². The molecule has 0 aromatic heterocycles. The largest absolute Gasteiger partial charge is 0.397 e. The number of benzene rings is 1. The number of nitrogens with one attached hydrogen (secondary N) is 2. The summed E-state index contributed by atoms with van der Waals surface area (Å²) in [6, 6.07) is 5.12. The van der Waals surface area contributed by atoms with E-state index in [1.54, 1.807) is 25.2 Å². The summed E-state index contributed by atoms with van der Waals surface area (Å²) in [5.41, 5.74) is 7.48. The van der Waals surface area contributed by atoms with Gasteiger partial charge in [0, 0.05) is 31.2 Å². The zero-order chi connectivity index (χ0) is 13.8. The van der Waals surface area contributed by atoms with Crippen molar-refractivity contribution in [1.82, 2.24) is 5.32 Å². The lowest BCUT2D eigenvalue weighted by Crippen LogP contribution is -2.27. The summed E-state index contributed by atoms with van der Waals surface area (Å²) in [6.07, 6.45) is 0. The highest BCUT2D eigenvalue weighted by Crippen LogP contribution is 2.22. The van der Waals surface area contributed by atoms with Gasteiger partial charge in [-0.3, -0.25) is 4.79 Å². The molecule has 0 radical (unpaired) electrons. The maximum absolute atomic E-state index is 11.4. The standard InChI is InChI=1S/C13H21N3O2/c1-13(2,8-17)7-16-11-5-4-9(6-10(11)14)12(18)15-3/h4-6,16-17H,7-8,14H2,1-3H3,(H,15,18). The zero-order valence-electron chi connectivity index (χ0n) is 11.1. The maximum atomic E-state index is 11.4. The number of anilines is 2. The number of hydrogen-bond donors (Lipinski definition) is 4. The van der Waals surface area contributed by atoms with Crippen LogP contribution in [0.5, 0.6) is 0 Å². The molecular weight excluding hydrogens is 230 g/mol. The summed E-state index contributed by atoms with van der Waals surface area (Å²) >= 11 is 0. The van der Waals surface area contributed by atoms with Crippen LogP contribution in [-0.2, 0) is 0 Å². The molecule has 0 bridgehead atoms. The number of carbonyl (C=O) groups excluding carboxylic acids is 1.